The molecule has 0 spiro atoms. The molecule has 0 saturated heterocycles. The van der Waals surface area contributed by atoms with Crippen LogP contribution in [0.5, 0.6) is 0 Å². The average Bonchev–Trinajstić information content (AvgIpc) is 2.45. The number of thioether (sulfide) groups is 1. The number of carboxylic acids is 1. The molecule has 1 aromatic rings. The Kier molecular flexibility index (Phi) is 6.93. The number of carboxylic acid groups (broad SMARTS) is 1. The second kappa shape index (κ2) is 8.47. The highest BCUT2D eigenvalue weighted by Crippen LogP contribution is 2.12. The summed E-state index contributed by atoms with van der Waals surface area (Å²) in [6, 6.07) is 7.19. The molecule has 1 aromatic carbocycles. The summed E-state index contributed by atoms with van der Waals surface area (Å²) < 4.78 is 0. The summed E-state index contributed by atoms with van der Waals surface area (Å²) in [6.07, 6.45) is 2.77. The van der Waals surface area contributed by atoms with Crippen LogP contribution in [0.3, 0.4) is 0 Å². The Morgan fingerprint density at radius 2 is 1.90 bits per heavy atom. The van der Waals surface area contributed by atoms with E-state index in [0.29, 0.717) is 5.56 Å². The second-order valence-corrected chi connectivity index (χ2v) is 5.27. The fraction of sp³-hybridized carbons (Fsp3) is 0.429. The van der Waals surface area contributed by atoms with E-state index in [1.807, 2.05) is 13.2 Å². The normalized spacial score (nSPS) is 13.3. The van der Waals surface area contributed by atoms with Gasteiger partial charge in [0.05, 0.1) is 0 Å². The van der Waals surface area contributed by atoms with Crippen molar-refractivity contribution in [3.8, 4) is 0 Å². The topological polar surface area (TPSA) is 78.4 Å². The molecule has 1 rings (SSSR count). The summed E-state index contributed by atoms with van der Waals surface area (Å²) in [5.74, 6) is -0.281. The molecule has 5 nitrogen and oxygen atoms in total. The summed E-state index contributed by atoms with van der Waals surface area (Å²) >= 11 is 1.64. The standard InChI is InChI=1S/C14H20N2O3S/c1-3-11(9-20-2)15-14(19)16-12(13(17)18)10-7-5-4-6-8-10/h4-8,11-12H,3,9H2,1-2H3,(H,17,18)(H2,15,16,19)/t11?,12-/m1/s1. The minimum absolute atomic E-state index is 0.0372. The first-order chi connectivity index (χ1) is 9.58. The van der Waals surface area contributed by atoms with Gasteiger partial charge in [-0.2, -0.15) is 11.8 Å². The molecule has 0 saturated carbocycles. The molecule has 0 aliphatic rings. The Morgan fingerprint density at radius 3 is 2.40 bits per heavy atom. The van der Waals surface area contributed by atoms with Crippen molar-refractivity contribution < 1.29 is 14.7 Å². The lowest BCUT2D eigenvalue weighted by Crippen LogP contribution is -2.46. The maximum Gasteiger partial charge on any atom is 0.330 e. The molecule has 110 valence electrons. The Balaban J connectivity index is 2.67. The van der Waals surface area contributed by atoms with E-state index < -0.39 is 18.0 Å². The van der Waals surface area contributed by atoms with E-state index in [4.69, 9.17) is 0 Å². The summed E-state index contributed by atoms with van der Waals surface area (Å²) in [7, 11) is 0. The number of amides is 2. The van der Waals surface area contributed by atoms with Crippen molar-refractivity contribution >= 4 is 23.8 Å². The molecule has 0 heterocycles. The highest BCUT2D eigenvalue weighted by Gasteiger charge is 2.22. The summed E-state index contributed by atoms with van der Waals surface area (Å²) in [6.45, 7) is 1.98. The van der Waals surface area contributed by atoms with E-state index in [0.717, 1.165) is 12.2 Å². The summed E-state index contributed by atoms with van der Waals surface area (Å²) in [5, 5.41) is 14.5. The molecule has 2 amide bonds. The molecule has 6 heteroatoms. The maximum atomic E-state index is 11.9. The molecule has 3 N–H and O–H groups in total. The third-order valence-electron chi connectivity index (χ3n) is 2.85. The molecule has 0 radical (unpaired) electrons. The quantitative estimate of drug-likeness (QED) is 0.721. The van der Waals surface area contributed by atoms with Crippen LogP contribution in [0.2, 0.25) is 0 Å². The van der Waals surface area contributed by atoms with E-state index >= 15 is 0 Å². The smallest absolute Gasteiger partial charge is 0.330 e. The lowest BCUT2D eigenvalue weighted by molar-refractivity contribution is -0.139. The van der Waals surface area contributed by atoms with Gasteiger partial charge in [-0.15, -0.1) is 0 Å². The SMILES string of the molecule is CCC(CSC)NC(=O)N[C@@H](C(=O)O)c1ccccc1. The molecular formula is C14H20N2O3S. The van der Waals surface area contributed by atoms with Crippen LogP contribution in [-0.2, 0) is 4.79 Å². The van der Waals surface area contributed by atoms with Crippen LogP contribution in [-0.4, -0.2) is 35.2 Å². The third-order valence-corrected chi connectivity index (χ3v) is 3.59. The number of aliphatic carboxylic acids is 1. The van der Waals surface area contributed by atoms with E-state index in [1.54, 1.807) is 42.1 Å². The van der Waals surface area contributed by atoms with Gasteiger partial charge in [0.15, 0.2) is 6.04 Å². The van der Waals surface area contributed by atoms with Crippen molar-refractivity contribution in [2.75, 3.05) is 12.0 Å². The largest absolute Gasteiger partial charge is 0.479 e. The monoisotopic (exact) mass is 296 g/mol. The number of carbonyl (C=O) groups excluding carboxylic acids is 1. The van der Waals surface area contributed by atoms with E-state index in [9.17, 15) is 14.7 Å². The number of benzene rings is 1. The first-order valence-electron chi connectivity index (χ1n) is 6.42. The van der Waals surface area contributed by atoms with Crippen molar-refractivity contribution in [1.29, 1.82) is 0 Å². The van der Waals surface area contributed by atoms with Crippen molar-refractivity contribution in [1.82, 2.24) is 10.6 Å². The van der Waals surface area contributed by atoms with Gasteiger partial charge in [0.1, 0.15) is 0 Å². The van der Waals surface area contributed by atoms with Crippen LogP contribution in [0.1, 0.15) is 24.9 Å². The van der Waals surface area contributed by atoms with Crippen LogP contribution < -0.4 is 10.6 Å². The fourth-order valence-corrected chi connectivity index (χ4v) is 2.48. The third kappa shape index (κ3) is 5.13. The number of hydrogen-bond acceptors (Lipinski definition) is 3. The van der Waals surface area contributed by atoms with Gasteiger partial charge >= 0.3 is 12.0 Å². The van der Waals surface area contributed by atoms with Gasteiger partial charge in [0, 0.05) is 11.8 Å². The molecule has 2 atom stereocenters. The Morgan fingerprint density at radius 1 is 1.25 bits per heavy atom. The van der Waals surface area contributed by atoms with Crippen LogP contribution in [0.15, 0.2) is 30.3 Å². The molecule has 0 aliphatic heterocycles. The van der Waals surface area contributed by atoms with Gasteiger partial charge in [-0.05, 0) is 18.2 Å². The van der Waals surface area contributed by atoms with Gasteiger partial charge in [-0.1, -0.05) is 37.3 Å². The molecule has 0 aliphatic carbocycles. The van der Waals surface area contributed by atoms with Gasteiger partial charge in [0.2, 0.25) is 0 Å². The van der Waals surface area contributed by atoms with Gasteiger partial charge in [-0.3, -0.25) is 0 Å². The van der Waals surface area contributed by atoms with E-state index in [2.05, 4.69) is 10.6 Å². The van der Waals surface area contributed by atoms with Crippen LogP contribution in [0.4, 0.5) is 4.79 Å². The second-order valence-electron chi connectivity index (χ2n) is 4.36. The van der Waals surface area contributed by atoms with Crippen LogP contribution >= 0.6 is 11.8 Å². The number of nitrogens with one attached hydrogen (secondary N) is 2. The Hall–Kier alpha value is -1.69. The van der Waals surface area contributed by atoms with Crippen molar-refractivity contribution in [3.05, 3.63) is 35.9 Å². The van der Waals surface area contributed by atoms with E-state index in [-0.39, 0.29) is 6.04 Å². The molecule has 0 aromatic heterocycles. The van der Waals surface area contributed by atoms with Gasteiger partial charge < -0.3 is 15.7 Å². The molecule has 0 fully saturated rings. The number of carbonyl (C=O) groups is 2. The Bertz CT molecular complexity index is 439. The van der Waals surface area contributed by atoms with Crippen molar-refractivity contribution in [2.24, 2.45) is 0 Å². The zero-order chi connectivity index (χ0) is 15.0. The molecule has 20 heavy (non-hydrogen) atoms. The molecule has 0 bridgehead atoms. The molecular weight excluding hydrogens is 276 g/mol. The zero-order valence-corrected chi connectivity index (χ0v) is 12.4. The zero-order valence-electron chi connectivity index (χ0n) is 11.6. The molecule has 1 unspecified atom stereocenters. The maximum absolute atomic E-state index is 11.9. The van der Waals surface area contributed by atoms with Gasteiger partial charge in [0.25, 0.3) is 0 Å². The number of urea groups is 1. The van der Waals surface area contributed by atoms with Crippen molar-refractivity contribution in [3.63, 3.8) is 0 Å². The summed E-state index contributed by atoms with van der Waals surface area (Å²) in [5.41, 5.74) is 0.549. The highest BCUT2D eigenvalue weighted by molar-refractivity contribution is 7.98. The fourth-order valence-electron chi connectivity index (χ4n) is 1.75. The average molecular weight is 296 g/mol. The predicted molar refractivity (Wildman–Crippen MR) is 80.9 cm³/mol. The van der Waals surface area contributed by atoms with Crippen LogP contribution in [0.25, 0.3) is 0 Å². The number of rotatable bonds is 7. The van der Waals surface area contributed by atoms with Crippen molar-refractivity contribution in [2.45, 2.75) is 25.4 Å². The number of hydrogen-bond donors (Lipinski definition) is 3. The minimum Gasteiger partial charge on any atom is -0.479 e. The lowest BCUT2D eigenvalue weighted by atomic mass is 10.1. The first kappa shape index (κ1) is 16.4. The lowest BCUT2D eigenvalue weighted by Gasteiger charge is -2.19. The Labute approximate surface area is 123 Å². The van der Waals surface area contributed by atoms with E-state index in [1.165, 1.54) is 0 Å². The minimum atomic E-state index is -1.08. The predicted octanol–water partition coefficient (Wildman–Crippen LogP) is 2.25. The van der Waals surface area contributed by atoms with Gasteiger partial charge in [-0.25, -0.2) is 9.59 Å². The summed E-state index contributed by atoms with van der Waals surface area (Å²) in [4.78, 5) is 23.2. The first-order valence-corrected chi connectivity index (χ1v) is 7.81. The highest BCUT2D eigenvalue weighted by atomic mass is 32.2. The van der Waals surface area contributed by atoms with Crippen LogP contribution in [0, 0.1) is 0 Å².